The maximum atomic E-state index is 11.1. The minimum absolute atomic E-state index is 0.00102. The highest BCUT2D eigenvalue weighted by Gasteiger charge is 2.17. The molecule has 0 aliphatic heterocycles. The van der Waals surface area contributed by atoms with E-state index in [4.69, 9.17) is 9.84 Å². The number of hydrogen-bond donors (Lipinski definition) is 1. The summed E-state index contributed by atoms with van der Waals surface area (Å²) in [6, 6.07) is 3.56. The molecule has 0 atom stereocenters. The van der Waals surface area contributed by atoms with Crippen LogP contribution in [0, 0.1) is 0 Å². The van der Waals surface area contributed by atoms with Crippen LogP contribution in [0.3, 0.4) is 0 Å². The van der Waals surface area contributed by atoms with E-state index in [0.717, 1.165) is 0 Å². The first-order chi connectivity index (χ1) is 9.09. The summed E-state index contributed by atoms with van der Waals surface area (Å²) in [6.07, 6.45) is 4.61. The van der Waals surface area contributed by atoms with Crippen molar-refractivity contribution in [2.24, 2.45) is 0 Å². The lowest BCUT2D eigenvalue weighted by Gasteiger charge is -2.14. The zero-order valence-electron chi connectivity index (χ0n) is 10.8. The quantitative estimate of drug-likeness (QED) is 0.892. The lowest BCUT2D eigenvalue weighted by atomic mass is 10.3. The van der Waals surface area contributed by atoms with Crippen molar-refractivity contribution in [1.82, 2.24) is 14.5 Å². The van der Waals surface area contributed by atoms with Crippen molar-refractivity contribution in [3.05, 3.63) is 42.2 Å². The molecule has 1 N–H and O–H groups in total. The molecule has 100 valence electrons. The van der Waals surface area contributed by atoms with Crippen LogP contribution in [0.15, 0.2) is 30.7 Å². The standard InChI is InChI=1S/C13H15N3O3/c1-9(2)16-11(13(17)18)7-15-12(16)8-19-10-4-3-5-14-6-10/h3-7,9H,8H2,1-2H3,(H,17,18). The number of rotatable bonds is 5. The van der Waals surface area contributed by atoms with Crippen LogP contribution in [0.2, 0.25) is 0 Å². The van der Waals surface area contributed by atoms with Gasteiger partial charge in [0, 0.05) is 12.2 Å². The molecular formula is C13H15N3O3. The van der Waals surface area contributed by atoms with Gasteiger partial charge in [0.25, 0.3) is 0 Å². The number of pyridine rings is 1. The number of aromatic carboxylic acids is 1. The fourth-order valence-corrected chi connectivity index (χ4v) is 1.82. The molecule has 0 aromatic carbocycles. The Bertz CT molecular complexity index is 564. The van der Waals surface area contributed by atoms with E-state index in [9.17, 15) is 4.79 Å². The summed E-state index contributed by atoms with van der Waals surface area (Å²) in [5.41, 5.74) is 0.166. The minimum atomic E-state index is -0.992. The van der Waals surface area contributed by atoms with Gasteiger partial charge < -0.3 is 14.4 Å². The Kier molecular flexibility index (Phi) is 3.79. The second-order valence-corrected chi connectivity index (χ2v) is 4.31. The summed E-state index contributed by atoms with van der Waals surface area (Å²) in [4.78, 5) is 19.2. The van der Waals surface area contributed by atoms with E-state index >= 15 is 0 Å². The largest absolute Gasteiger partial charge is 0.484 e. The highest BCUT2D eigenvalue weighted by Crippen LogP contribution is 2.16. The van der Waals surface area contributed by atoms with Gasteiger partial charge in [-0.3, -0.25) is 4.98 Å². The van der Waals surface area contributed by atoms with Gasteiger partial charge in [0.2, 0.25) is 0 Å². The molecule has 0 radical (unpaired) electrons. The Morgan fingerprint density at radius 2 is 2.26 bits per heavy atom. The van der Waals surface area contributed by atoms with Crippen LogP contribution in [0.5, 0.6) is 5.75 Å². The highest BCUT2D eigenvalue weighted by atomic mass is 16.5. The third kappa shape index (κ3) is 2.90. The van der Waals surface area contributed by atoms with E-state index < -0.39 is 5.97 Å². The van der Waals surface area contributed by atoms with Gasteiger partial charge in [-0.1, -0.05) is 0 Å². The van der Waals surface area contributed by atoms with Crippen LogP contribution in [0.4, 0.5) is 0 Å². The van der Waals surface area contributed by atoms with E-state index in [1.165, 1.54) is 6.20 Å². The summed E-state index contributed by atoms with van der Waals surface area (Å²) >= 11 is 0. The van der Waals surface area contributed by atoms with Gasteiger partial charge in [0.05, 0.1) is 12.4 Å². The zero-order chi connectivity index (χ0) is 13.8. The molecule has 0 fully saturated rings. The van der Waals surface area contributed by atoms with Crippen molar-refractivity contribution < 1.29 is 14.6 Å². The van der Waals surface area contributed by atoms with Crippen molar-refractivity contribution in [2.75, 3.05) is 0 Å². The predicted octanol–water partition coefficient (Wildman–Crippen LogP) is 2.14. The Labute approximate surface area is 110 Å². The van der Waals surface area contributed by atoms with Crippen LogP contribution < -0.4 is 4.74 Å². The van der Waals surface area contributed by atoms with Crippen molar-refractivity contribution in [2.45, 2.75) is 26.5 Å². The number of nitrogens with zero attached hydrogens (tertiary/aromatic N) is 3. The van der Waals surface area contributed by atoms with Crippen molar-refractivity contribution in [3.8, 4) is 5.75 Å². The molecular weight excluding hydrogens is 246 g/mol. The van der Waals surface area contributed by atoms with E-state index in [2.05, 4.69) is 9.97 Å². The summed E-state index contributed by atoms with van der Waals surface area (Å²) in [5, 5.41) is 9.10. The minimum Gasteiger partial charge on any atom is -0.484 e. The molecule has 0 amide bonds. The Hall–Kier alpha value is -2.37. The molecule has 6 nitrogen and oxygen atoms in total. The molecule has 2 aromatic rings. The molecule has 6 heteroatoms. The van der Waals surface area contributed by atoms with Crippen LogP contribution in [-0.4, -0.2) is 25.6 Å². The van der Waals surface area contributed by atoms with Gasteiger partial charge in [0.15, 0.2) is 0 Å². The van der Waals surface area contributed by atoms with Crippen LogP contribution >= 0.6 is 0 Å². The average Bonchev–Trinajstić information content (AvgIpc) is 2.81. The van der Waals surface area contributed by atoms with Crippen molar-refractivity contribution in [1.29, 1.82) is 0 Å². The fraction of sp³-hybridized carbons (Fsp3) is 0.308. The zero-order valence-corrected chi connectivity index (χ0v) is 10.8. The lowest BCUT2D eigenvalue weighted by Crippen LogP contribution is -2.15. The maximum absolute atomic E-state index is 11.1. The smallest absolute Gasteiger partial charge is 0.354 e. The third-order valence-electron chi connectivity index (χ3n) is 2.61. The number of aromatic nitrogens is 3. The number of carboxylic acids is 1. The third-order valence-corrected chi connectivity index (χ3v) is 2.61. The van der Waals surface area contributed by atoms with Gasteiger partial charge >= 0.3 is 5.97 Å². The second-order valence-electron chi connectivity index (χ2n) is 4.31. The van der Waals surface area contributed by atoms with E-state index in [1.54, 1.807) is 29.1 Å². The topological polar surface area (TPSA) is 77.2 Å². The molecule has 0 unspecified atom stereocenters. The van der Waals surface area contributed by atoms with E-state index in [-0.39, 0.29) is 18.3 Å². The van der Waals surface area contributed by atoms with Gasteiger partial charge in [-0.05, 0) is 26.0 Å². The van der Waals surface area contributed by atoms with Crippen LogP contribution in [-0.2, 0) is 6.61 Å². The molecule has 2 rings (SSSR count). The van der Waals surface area contributed by atoms with Crippen molar-refractivity contribution >= 4 is 5.97 Å². The first kappa shape index (κ1) is 13.1. The Morgan fingerprint density at radius 1 is 1.47 bits per heavy atom. The lowest BCUT2D eigenvalue weighted by molar-refractivity contribution is 0.0682. The van der Waals surface area contributed by atoms with Gasteiger partial charge in [-0.2, -0.15) is 0 Å². The van der Waals surface area contributed by atoms with Crippen LogP contribution in [0.25, 0.3) is 0 Å². The average molecular weight is 261 g/mol. The SMILES string of the molecule is CC(C)n1c(C(=O)O)cnc1COc1cccnc1. The summed E-state index contributed by atoms with van der Waals surface area (Å²) < 4.78 is 7.19. The monoisotopic (exact) mass is 261 g/mol. The Morgan fingerprint density at radius 3 is 2.84 bits per heavy atom. The number of hydrogen-bond acceptors (Lipinski definition) is 4. The molecule has 0 saturated carbocycles. The molecule has 2 heterocycles. The molecule has 0 aliphatic rings. The highest BCUT2D eigenvalue weighted by molar-refractivity contribution is 5.85. The summed E-state index contributed by atoms with van der Waals surface area (Å²) in [6.45, 7) is 4.01. The number of carboxylic acid groups (broad SMARTS) is 1. The van der Waals surface area contributed by atoms with Gasteiger partial charge in [0.1, 0.15) is 23.9 Å². The summed E-state index contributed by atoms with van der Waals surface area (Å²) in [7, 11) is 0. The maximum Gasteiger partial charge on any atom is 0.354 e. The molecule has 19 heavy (non-hydrogen) atoms. The first-order valence-corrected chi connectivity index (χ1v) is 5.92. The van der Waals surface area contributed by atoms with Crippen molar-refractivity contribution in [3.63, 3.8) is 0 Å². The second kappa shape index (κ2) is 5.51. The summed E-state index contributed by atoms with van der Waals surface area (Å²) in [5.74, 6) is 0.211. The normalized spacial score (nSPS) is 10.7. The Balaban J connectivity index is 2.19. The number of imidazole rings is 1. The van der Waals surface area contributed by atoms with E-state index in [0.29, 0.717) is 11.6 Å². The molecule has 2 aromatic heterocycles. The molecule has 0 spiro atoms. The predicted molar refractivity (Wildman–Crippen MR) is 68.1 cm³/mol. The first-order valence-electron chi connectivity index (χ1n) is 5.92. The number of ether oxygens (including phenoxy) is 1. The van der Waals surface area contributed by atoms with Crippen LogP contribution in [0.1, 0.15) is 36.2 Å². The van der Waals surface area contributed by atoms with E-state index in [1.807, 2.05) is 13.8 Å². The van der Waals surface area contributed by atoms with Gasteiger partial charge in [-0.25, -0.2) is 9.78 Å². The number of carbonyl (C=O) groups is 1. The molecule has 0 saturated heterocycles. The fourth-order valence-electron chi connectivity index (χ4n) is 1.82. The van der Waals surface area contributed by atoms with Gasteiger partial charge in [-0.15, -0.1) is 0 Å². The molecule has 0 aliphatic carbocycles. The molecule has 0 bridgehead atoms.